The lowest BCUT2D eigenvalue weighted by Gasteiger charge is -1.93. The smallest absolute Gasteiger partial charge is 0.142 e. The van der Waals surface area contributed by atoms with E-state index in [9.17, 15) is 4.39 Å². The van der Waals surface area contributed by atoms with Crippen molar-refractivity contribution in [1.29, 1.82) is 0 Å². The van der Waals surface area contributed by atoms with Crippen LogP contribution >= 0.6 is 0 Å². The van der Waals surface area contributed by atoms with Crippen LogP contribution in [0.15, 0.2) is 18.2 Å². The molecule has 0 atom stereocenters. The van der Waals surface area contributed by atoms with Crippen LogP contribution in [0.25, 0.3) is 0 Å². The zero-order chi connectivity index (χ0) is 7.56. The van der Waals surface area contributed by atoms with E-state index in [4.69, 9.17) is 11.5 Å². The van der Waals surface area contributed by atoms with Crippen molar-refractivity contribution in [2.45, 2.75) is 0 Å². The van der Waals surface area contributed by atoms with Crippen molar-refractivity contribution in [1.82, 2.24) is 0 Å². The van der Waals surface area contributed by atoms with Crippen molar-refractivity contribution in [2.24, 2.45) is 0 Å². The predicted octanol–water partition coefficient (Wildman–Crippen LogP) is 1.51. The summed E-state index contributed by atoms with van der Waals surface area (Å²) in [6.07, 6.45) is 4.93. The number of terminal acetylenes is 1. The number of hydrogen-bond donors (Lipinski definition) is 1. The van der Waals surface area contributed by atoms with E-state index < -0.39 is 5.82 Å². The molecule has 1 N–H and O–H groups in total. The Morgan fingerprint density at radius 2 is 2.20 bits per heavy atom. The summed E-state index contributed by atoms with van der Waals surface area (Å²) in [5.41, 5.74) is 0.165. The van der Waals surface area contributed by atoms with Crippen LogP contribution in [0, 0.1) is 18.2 Å². The Morgan fingerprint density at radius 1 is 1.50 bits per heavy atom. The summed E-state index contributed by atoms with van der Waals surface area (Å²) in [5.74, 6) is 1.45. The fourth-order valence-electron chi connectivity index (χ4n) is 0.621. The minimum Gasteiger partial charge on any atom is -0.508 e. The van der Waals surface area contributed by atoms with Crippen molar-refractivity contribution >= 4 is 0 Å². The van der Waals surface area contributed by atoms with Gasteiger partial charge in [-0.3, -0.25) is 0 Å². The summed E-state index contributed by atoms with van der Waals surface area (Å²) < 4.78 is 12.5. The number of rotatable bonds is 0. The normalized spacial score (nSPS) is 8.80. The van der Waals surface area contributed by atoms with E-state index in [1.807, 2.05) is 0 Å². The minimum absolute atomic E-state index is 0.114. The summed E-state index contributed by atoms with van der Waals surface area (Å²) in [4.78, 5) is 0. The fraction of sp³-hybridized carbons (Fsp3) is 0. The molecule has 50 valence electrons. The third kappa shape index (κ3) is 1.08. The predicted molar refractivity (Wildman–Crippen MR) is 36.0 cm³/mol. The third-order valence-electron chi connectivity index (χ3n) is 1.11. The molecule has 0 saturated carbocycles. The van der Waals surface area contributed by atoms with Gasteiger partial charge in [-0.1, -0.05) is 5.92 Å². The molecule has 0 aliphatic heterocycles. The molecular formula is C8H5FO. The third-order valence-corrected chi connectivity index (χ3v) is 1.11. The molecule has 1 aromatic rings. The molecule has 0 aliphatic rings. The number of benzene rings is 1. The Morgan fingerprint density at radius 3 is 2.70 bits per heavy atom. The molecule has 1 rings (SSSR count). The van der Waals surface area contributed by atoms with Gasteiger partial charge < -0.3 is 5.11 Å². The van der Waals surface area contributed by atoms with Gasteiger partial charge >= 0.3 is 0 Å². The second-order valence-electron chi connectivity index (χ2n) is 1.81. The van der Waals surface area contributed by atoms with Crippen molar-refractivity contribution < 1.29 is 9.50 Å². The second kappa shape index (κ2) is 2.40. The number of phenolic OH excluding ortho intramolecular Hbond substituents is 1. The van der Waals surface area contributed by atoms with Crippen LogP contribution in [-0.4, -0.2) is 5.11 Å². The number of hydrogen-bond acceptors (Lipinski definition) is 1. The molecule has 0 aromatic heterocycles. The average Bonchev–Trinajstić information content (AvgIpc) is 1.88. The molecule has 0 heterocycles. The van der Waals surface area contributed by atoms with Gasteiger partial charge in [0.2, 0.25) is 0 Å². The molecule has 0 fully saturated rings. The lowest BCUT2D eigenvalue weighted by atomic mass is 10.2. The van der Waals surface area contributed by atoms with Gasteiger partial charge in [0, 0.05) is 6.07 Å². The highest BCUT2D eigenvalue weighted by atomic mass is 19.1. The van der Waals surface area contributed by atoms with Gasteiger partial charge in [0.05, 0.1) is 5.56 Å². The highest BCUT2D eigenvalue weighted by Crippen LogP contribution is 2.13. The first kappa shape index (κ1) is 6.63. The van der Waals surface area contributed by atoms with E-state index in [1.165, 1.54) is 12.1 Å². The Hall–Kier alpha value is -1.49. The zero-order valence-corrected chi connectivity index (χ0v) is 5.13. The lowest BCUT2D eigenvalue weighted by molar-refractivity contribution is 0.469. The SMILES string of the molecule is C#Cc1ccc(O)cc1F. The Kier molecular flexibility index (Phi) is 1.59. The van der Waals surface area contributed by atoms with Crippen LogP contribution in [0.3, 0.4) is 0 Å². The highest BCUT2D eigenvalue weighted by molar-refractivity contribution is 5.37. The highest BCUT2D eigenvalue weighted by Gasteiger charge is 1.97. The van der Waals surface area contributed by atoms with Crippen LogP contribution < -0.4 is 0 Å². The molecule has 10 heavy (non-hydrogen) atoms. The molecule has 1 aromatic carbocycles. The van der Waals surface area contributed by atoms with Crippen molar-refractivity contribution in [2.75, 3.05) is 0 Å². The van der Waals surface area contributed by atoms with Gasteiger partial charge in [-0.05, 0) is 12.1 Å². The Bertz CT molecular complexity index is 286. The van der Waals surface area contributed by atoms with Gasteiger partial charge in [-0.2, -0.15) is 0 Å². The van der Waals surface area contributed by atoms with Gasteiger partial charge in [-0.15, -0.1) is 6.42 Å². The molecule has 0 bridgehead atoms. The summed E-state index contributed by atoms with van der Waals surface area (Å²) in [6, 6.07) is 3.68. The summed E-state index contributed by atoms with van der Waals surface area (Å²) >= 11 is 0. The molecule has 0 aliphatic carbocycles. The molecule has 0 saturated heterocycles. The minimum atomic E-state index is -0.567. The largest absolute Gasteiger partial charge is 0.508 e. The first-order valence-electron chi connectivity index (χ1n) is 2.69. The van der Waals surface area contributed by atoms with Crippen molar-refractivity contribution in [3.05, 3.63) is 29.6 Å². The molecule has 0 amide bonds. The monoisotopic (exact) mass is 136 g/mol. The maximum Gasteiger partial charge on any atom is 0.142 e. The zero-order valence-electron chi connectivity index (χ0n) is 5.13. The molecule has 0 spiro atoms. The Labute approximate surface area is 58.1 Å². The van der Waals surface area contributed by atoms with E-state index in [0.717, 1.165) is 6.07 Å². The van der Waals surface area contributed by atoms with Gasteiger partial charge in [0.25, 0.3) is 0 Å². The van der Waals surface area contributed by atoms with Gasteiger partial charge in [-0.25, -0.2) is 4.39 Å². The fourth-order valence-corrected chi connectivity index (χ4v) is 0.621. The number of halogens is 1. The lowest BCUT2D eigenvalue weighted by Crippen LogP contribution is -1.80. The molecule has 2 heteroatoms. The van der Waals surface area contributed by atoms with Crippen LogP contribution in [-0.2, 0) is 0 Å². The van der Waals surface area contributed by atoms with Crippen LogP contribution in [0.5, 0.6) is 5.75 Å². The van der Waals surface area contributed by atoms with E-state index in [2.05, 4.69) is 5.92 Å². The van der Waals surface area contributed by atoms with E-state index >= 15 is 0 Å². The average molecular weight is 136 g/mol. The van der Waals surface area contributed by atoms with Crippen LogP contribution in [0.2, 0.25) is 0 Å². The molecule has 0 unspecified atom stereocenters. The van der Waals surface area contributed by atoms with Crippen LogP contribution in [0.1, 0.15) is 5.56 Å². The van der Waals surface area contributed by atoms with E-state index in [1.54, 1.807) is 0 Å². The van der Waals surface area contributed by atoms with Crippen LogP contribution in [0.4, 0.5) is 4.39 Å². The van der Waals surface area contributed by atoms with Crippen molar-refractivity contribution in [3.8, 4) is 18.1 Å². The number of aromatic hydroxyl groups is 1. The van der Waals surface area contributed by atoms with E-state index in [0.29, 0.717) is 0 Å². The molecule has 0 radical (unpaired) electrons. The maximum absolute atomic E-state index is 12.5. The molecule has 1 nitrogen and oxygen atoms in total. The number of phenols is 1. The first-order chi connectivity index (χ1) is 4.74. The van der Waals surface area contributed by atoms with Crippen molar-refractivity contribution in [3.63, 3.8) is 0 Å². The first-order valence-corrected chi connectivity index (χ1v) is 2.69. The summed E-state index contributed by atoms with van der Waals surface area (Å²) in [6.45, 7) is 0. The Balaban J connectivity index is 3.23. The topological polar surface area (TPSA) is 20.2 Å². The summed E-state index contributed by atoms with van der Waals surface area (Å²) in [7, 11) is 0. The standard InChI is InChI=1S/C8H5FO/c1-2-6-3-4-7(10)5-8(6)9/h1,3-5,10H. The van der Waals surface area contributed by atoms with Gasteiger partial charge in [0.15, 0.2) is 0 Å². The molecular weight excluding hydrogens is 131 g/mol. The summed E-state index contributed by atoms with van der Waals surface area (Å²) in [5, 5.41) is 8.72. The quantitative estimate of drug-likeness (QED) is 0.536. The van der Waals surface area contributed by atoms with Gasteiger partial charge in [0.1, 0.15) is 11.6 Å². The van der Waals surface area contributed by atoms with E-state index in [-0.39, 0.29) is 11.3 Å². The maximum atomic E-state index is 12.5. The second-order valence-corrected chi connectivity index (χ2v) is 1.81.